The number of rotatable bonds is 6. The van der Waals surface area contributed by atoms with E-state index in [1.807, 2.05) is 23.1 Å². The number of furan rings is 1. The number of carbonyl (C=O) groups excluding carboxylic acids is 1. The molecule has 1 fully saturated rings. The third-order valence-electron chi connectivity index (χ3n) is 8.68. The fourth-order valence-electron chi connectivity index (χ4n) is 5.92. The second-order valence-corrected chi connectivity index (χ2v) is 12.4. The highest BCUT2D eigenvalue weighted by molar-refractivity contribution is 5.91. The van der Waals surface area contributed by atoms with Gasteiger partial charge in [-0.15, -0.1) is 0 Å². The average molecular weight is 511 g/mol. The molecule has 2 aromatic carbocycles. The molecule has 1 aliphatic heterocycles. The Morgan fingerprint density at radius 3 is 2.24 bits per heavy atom. The van der Waals surface area contributed by atoms with E-state index in [9.17, 15) is 4.79 Å². The van der Waals surface area contributed by atoms with Gasteiger partial charge in [0.05, 0.1) is 0 Å². The molecule has 2 aliphatic rings. The summed E-state index contributed by atoms with van der Waals surface area (Å²) >= 11 is 0. The molecule has 0 unspecified atom stereocenters. The Kier molecular flexibility index (Phi) is 7.37. The van der Waals surface area contributed by atoms with E-state index in [0.717, 1.165) is 38.5 Å². The number of carbonyl (C=O) groups is 1. The van der Waals surface area contributed by atoms with E-state index in [2.05, 4.69) is 88.1 Å². The van der Waals surface area contributed by atoms with Gasteiger partial charge in [0.15, 0.2) is 5.76 Å². The Morgan fingerprint density at radius 2 is 1.55 bits per heavy atom. The van der Waals surface area contributed by atoms with Crippen LogP contribution in [0.25, 0.3) is 6.08 Å². The molecule has 4 heteroatoms. The summed E-state index contributed by atoms with van der Waals surface area (Å²) in [4.78, 5) is 17.5. The van der Waals surface area contributed by atoms with Gasteiger partial charge >= 0.3 is 0 Å². The van der Waals surface area contributed by atoms with Gasteiger partial charge in [0.25, 0.3) is 5.91 Å². The first-order chi connectivity index (χ1) is 18.1. The Labute approximate surface area is 228 Å². The first-order valence-corrected chi connectivity index (χ1v) is 14.1. The lowest BCUT2D eigenvalue weighted by molar-refractivity contribution is 0.0617. The van der Waals surface area contributed by atoms with Crippen molar-refractivity contribution in [3.63, 3.8) is 0 Å². The summed E-state index contributed by atoms with van der Waals surface area (Å²) in [6.45, 7) is 15.8. The summed E-state index contributed by atoms with van der Waals surface area (Å²) in [6.07, 6.45) is 7.49. The lowest BCUT2D eigenvalue weighted by atomic mass is 9.62. The first-order valence-electron chi connectivity index (χ1n) is 14.1. The summed E-state index contributed by atoms with van der Waals surface area (Å²) in [5.41, 5.74) is 7.15. The highest BCUT2D eigenvalue weighted by Crippen LogP contribution is 2.46. The fraction of sp³-hybridized carbons (Fsp3) is 0.441. The van der Waals surface area contributed by atoms with Crippen LogP contribution in [0.4, 0.5) is 0 Å². The van der Waals surface area contributed by atoms with Crippen molar-refractivity contribution in [3.05, 3.63) is 100 Å². The maximum Gasteiger partial charge on any atom is 0.289 e. The highest BCUT2D eigenvalue weighted by atomic mass is 16.4. The van der Waals surface area contributed by atoms with Crippen LogP contribution in [0, 0.1) is 6.92 Å². The molecule has 5 rings (SSSR count). The number of piperazine rings is 1. The van der Waals surface area contributed by atoms with Crippen molar-refractivity contribution in [1.82, 2.24) is 9.80 Å². The van der Waals surface area contributed by atoms with Crippen molar-refractivity contribution in [1.29, 1.82) is 0 Å². The number of nitrogens with zero attached hydrogens (tertiary/aromatic N) is 2. The van der Waals surface area contributed by atoms with Crippen LogP contribution in [0.3, 0.4) is 0 Å². The Bertz CT molecular complexity index is 1310. The molecule has 0 saturated carbocycles. The Balaban J connectivity index is 1.20. The van der Waals surface area contributed by atoms with Crippen LogP contribution in [0.15, 0.2) is 65.1 Å². The quantitative estimate of drug-likeness (QED) is 0.358. The zero-order valence-electron chi connectivity index (χ0n) is 23.7. The molecule has 0 atom stereocenters. The Morgan fingerprint density at radius 1 is 0.895 bits per heavy atom. The van der Waals surface area contributed by atoms with E-state index < -0.39 is 0 Å². The van der Waals surface area contributed by atoms with E-state index in [4.69, 9.17) is 4.42 Å². The van der Waals surface area contributed by atoms with Gasteiger partial charge in [-0.25, -0.2) is 0 Å². The number of hydrogen-bond acceptors (Lipinski definition) is 3. The van der Waals surface area contributed by atoms with Crippen molar-refractivity contribution in [2.24, 2.45) is 0 Å². The number of aryl methyl sites for hydroxylation is 1. The van der Waals surface area contributed by atoms with Crippen LogP contribution in [-0.4, -0.2) is 48.4 Å². The fourth-order valence-corrected chi connectivity index (χ4v) is 5.92. The zero-order chi connectivity index (χ0) is 26.9. The van der Waals surface area contributed by atoms with E-state index >= 15 is 0 Å². The summed E-state index contributed by atoms with van der Waals surface area (Å²) in [7, 11) is 0. The largest absolute Gasteiger partial charge is 0.456 e. The van der Waals surface area contributed by atoms with E-state index in [-0.39, 0.29) is 16.7 Å². The normalized spacial score (nSPS) is 19.0. The van der Waals surface area contributed by atoms with Crippen LogP contribution in [0.1, 0.15) is 84.7 Å². The van der Waals surface area contributed by atoms with Crippen molar-refractivity contribution in [3.8, 4) is 0 Å². The molecule has 4 nitrogen and oxygen atoms in total. The highest BCUT2D eigenvalue weighted by Gasteiger charge is 2.37. The molecule has 200 valence electrons. The molecule has 0 spiro atoms. The third kappa shape index (κ3) is 5.66. The molecule has 0 radical (unpaired) electrons. The second-order valence-electron chi connectivity index (χ2n) is 12.4. The molecular formula is C34H42N2O2. The van der Waals surface area contributed by atoms with Gasteiger partial charge in [-0.1, -0.05) is 82.3 Å². The minimum Gasteiger partial charge on any atom is -0.456 e. The molecular weight excluding hydrogens is 468 g/mol. The van der Waals surface area contributed by atoms with Crippen LogP contribution < -0.4 is 0 Å². The van der Waals surface area contributed by atoms with Crippen molar-refractivity contribution in [2.75, 3.05) is 32.7 Å². The van der Waals surface area contributed by atoms with E-state index in [0.29, 0.717) is 12.2 Å². The molecule has 0 bridgehead atoms. The predicted octanol–water partition coefficient (Wildman–Crippen LogP) is 7.00. The third-order valence-corrected chi connectivity index (χ3v) is 8.68. The molecule has 2 heterocycles. The van der Waals surface area contributed by atoms with Crippen molar-refractivity contribution in [2.45, 2.75) is 64.7 Å². The zero-order valence-corrected chi connectivity index (χ0v) is 23.7. The van der Waals surface area contributed by atoms with Gasteiger partial charge in [-0.05, 0) is 70.5 Å². The van der Waals surface area contributed by atoms with Crippen LogP contribution in [-0.2, 0) is 17.3 Å². The minimum absolute atomic E-state index is 0.000716. The topological polar surface area (TPSA) is 36.7 Å². The second kappa shape index (κ2) is 10.6. The van der Waals surface area contributed by atoms with Gasteiger partial charge in [-0.2, -0.15) is 0 Å². The molecule has 0 N–H and O–H groups in total. The van der Waals surface area contributed by atoms with Crippen molar-refractivity contribution >= 4 is 12.0 Å². The summed E-state index contributed by atoms with van der Waals surface area (Å²) in [5.74, 6) is 1.31. The Hall–Kier alpha value is -3.11. The summed E-state index contributed by atoms with van der Waals surface area (Å²) in [5, 5.41) is 0. The number of fused-ring (bicyclic) bond motifs is 1. The van der Waals surface area contributed by atoms with Gasteiger partial charge in [0.2, 0.25) is 0 Å². The lowest BCUT2D eigenvalue weighted by Crippen LogP contribution is -2.48. The molecule has 1 aliphatic carbocycles. The monoisotopic (exact) mass is 510 g/mol. The summed E-state index contributed by atoms with van der Waals surface area (Å²) in [6, 6.07) is 19.0. The van der Waals surface area contributed by atoms with Crippen LogP contribution in [0.2, 0.25) is 0 Å². The molecule has 1 aromatic heterocycles. The molecule has 38 heavy (non-hydrogen) atoms. The van der Waals surface area contributed by atoms with E-state index in [1.54, 1.807) is 0 Å². The number of benzene rings is 2. The van der Waals surface area contributed by atoms with Gasteiger partial charge in [0, 0.05) is 39.1 Å². The summed E-state index contributed by atoms with van der Waals surface area (Å²) < 4.78 is 6.12. The van der Waals surface area contributed by atoms with Gasteiger partial charge in [0.1, 0.15) is 5.76 Å². The van der Waals surface area contributed by atoms with Gasteiger partial charge < -0.3 is 9.32 Å². The standard InChI is InChI=1S/C34H42N2O2/c1-25-22-29-30(34(4,5)16-15-33(29,2)3)24-27(25)23-28-13-14-31(38-28)32(37)36-20-18-35(19-21-36)17-9-12-26-10-7-6-8-11-26/h6-14,22,24H,15-21,23H2,1-5H3. The van der Waals surface area contributed by atoms with E-state index in [1.165, 1.54) is 40.7 Å². The number of hydrogen-bond donors (Lipinski definition) is 0. The minimum atomic E-state index is 0.000716. The first kappa shape index (κ1) is 26.5. The molecule has 1 saturated heterocycles. The van der Waals surface area contributed by atoms with Crippen LogP contribution in [0.5, 0.6) is 0 Å². The smallest absolute Gasteiger partial charge is 0.289 e. The maximum absolute atomic E-state index is 13.2. The SMILES string of the molecule is Cc1cc2c(cc1Cc1ccc(C(=O)N3CCN(CC=Cc4ccccc4)CC3)o1)C(C)(C)CCC2(C)C. The predicted molar refractivity (Wildman–Crippen MR) is 156 cm³/mol. The van der Waals surface area contributed by atoms with Crippen LogP contribution >= 0.6 is 0 Å². The maximum atomic E-state index is 13.2. The number of amides is 1. The average Bonchev–Trinajstić information content (AvgIpc) is 3.37. The lowest BCUT2D eigenvalue weighted by Gasteiger charge is -2.42. The van der Waals surface area contributed by atoms with Crippen molar-refractivity contribution < 1.29 is 9.21 Å². The molecule has 3 aromatic rings. The van der Waals surface area contributed by atoms with Gasteiger partial charge in [-0.3, -0.25) is 9.69 Å². The molecule has 1 amide bonds.